The van der Waals surface area contributed by atoms with Crippen molar-refractivity contribution in [3.8, 4) is 0 Å². The van der Waals surface area contributed by atoms with Crippen molar-refractivity contribution in [1.29, 1.82) is 0 Å². The number of hydrogen-bond donors (Lipinski definition) is 1. The van der Waals surface area contributed by atoms with Gasteiger partial charge >= 0.3 is 36.1 Å². The summed E-state index contributed by atoms with van der Waals surface area (Å²) >= 11 is 0. The fourth-order valence-corrected chi connectivity index (χ4v) is 0.899. The lowest BCUT2D eigenvalue weighted by Gasteiger charge is -2.21. The van der Waals surface area contributed by atoms with Gasteiger partial charge in [0.15, 0.2) is 5.78 Å². The molecular formula is C16H19F15O5. The summed E-state index contributed by atoms with van der Waals surface area (Å²) in [6.07, 6.45) is -16.4. The average molecular weight is 576 g/mol. The summed E-state index contributed by atoms with van der Waals surface area (Å²) < 4.78 is 177. The summed E-state index contributed by atoms with van der Waals surface area (Å²) in [6, 6.07) is 0. The van der Waals surface area contributed by atoms with E-state index in [4.69, 9.17) is 5.11 Å². The minimum Gasteiger partial charge on any atom is -0.479 e. The van der Waals surface area contributed by atoms with Crippen LogP contribution in [-0.2, 0) is 19.1 Å². The number of hydrogen-bond acceptors (Lipinski definition) is 4. The zero-order valence-electron chi connectivity index (χ0n) is 18.4. The van der Waals surface area contributed by atoms with Gasteiger partial charge in [-0.15, -0.1) is 0 Å². The van der Waals surface area contributed by atoms with Gasteiger partial charge in [0, 0.05) is 0 Å². The van der Waals surface area contributed by atoms with Crippen molar-refractivity contribution in [2.75, 3.05) is 27.1 Å². The first kappa shape index (κ1) is 40.7. The first-order valence-corrected chi connectivity index (χ1v) is 8.43. The Morgan fingerprint density at radius 2 is 0.972 bits per heavy atom. The van der Waals surface area contributed by atoms with Crippen molar-refractivity contribution in [2.45, 2.75) is 56.3 Å². The molecule has 0 spiro atoms. The van der Waals surface area contributed by atoms with Crippen molar-refractivity contribution in [2.24, 2.45) is 0 Å². The van der Waals surface area contributed by atoms with E-state index in [2.05, 4.69) is 4.74 Å². The molecule has 0 rings (SSSR count). The number of methoxy groups -OCH3 is 1. The van der Waals surface area contributed by atoms with Crippen LogP contribution in [0, 0.1) is 0 Å². The molecule has 3 unspecified atom stereocenters. The maximum atomic E-state index is 12.4. The molecule has 0 bridgehead atoms. The summed E-state index contributed by atoms with van der Waals surface area (Å²) in [5.41, 5.74) is -13.0. The first-order valence-electron chi connectivity index (χ1n) is 8.43. The van der Waals surface area contributed by atoms with Crippen LogP contribution in [0.1, 0.15) is 20.8 Å². The number of carbonyl (C=O) groups is 3. The number of carbonyl (C=O) groups excluding carboxylic acids is 2. The number of carboxylic acid groups (broad SMARTS) is 1. The fourth-order valence-electron chi connectivity index (χ4n) is 0.899. The minimum absolute atomic E-state index is 0.0463. The zero-order chi connectivity index (χ0) is 30.6. The van der Waals surface area contributed by atoms with Gasteiger partial charge in [-0.3, -0.25) is 9.18 Å². The first-order chi connectivity index (χ1) is 15.7. The molecule has 5 nitrogen and oxygen atoms in total. The maximum absolute atomic E-state index is 12.4. The molecule has 0 fully saturated rings. The summed E-state index contributed by atoms with van der Waals surface area (Å²) in [5, 5.41) is 7.68. The summed E-state index contributed by atoms with van der Waals surface area (Å²) in [7, 11) is 0.540. The van der Waals surface area contributed by atoms with Gasteiger partial charge in [-0.1, -0.05) is 0 Å². The molecule has 218 valence electrons. The quantitative estimate of drug-likeness (QED) is 0.343. The molecule has 36 heavy (non-hydrogen) atoms. The lowest BCUT2D eigenvalue weighted by atomic mass is 10.0. The Bertz CT molecular complexity index is 687. The largest absolute Gasteiger partial charge is 0.479 e. The number of alkyl halides is 15. The molecule has 0 saturated carbocycles. The molecule has 0 aromatic rings. The third kappa shape index (κ3) is 11.5. The lowest BCUT2D eigenvalue weighted by molar-refractivity contribution is -0.241. The van der Waals surface area contributed by atoms with Crippen LogP contribution in [0.5, 0.6) is 0 Å². The number of carboxylic acids is 1. The second kappa shape index (κ2) is 15.0. The highest BCUT2D eigenvalue weighted by Gasteiger charge is 2.63. The van der Waals surface area contributed by atoms with Crippen LogP contribution in [0.15, 0.2) is 0 Å². The van der Waals surface area contributed by atoms with E-state index in [1.54, 1.807) is 0 Å². The summed E-state index contributed by atoms with van der Waals surface area (Å²) in [5.74, 6) is -6.68. The Morgan fingerprint density at radius 3 is 1.00 bits per heavy atom. The number of ether oxygens (including phenoxy) is 1. The topological polar surface area (TPSA) is 80.7 Å². The number of aliphatic carboxylic acids is 1. The van der Waals surface area contributed by atoms with E-state index in [0.717, 1.165) is 0 Å². The van der Waals surface area contributed by atoms with E-state index in [0.29, 0.717) is 14.0 Å². The molecule has 0 radical (unpaired) electrons. The monoisotopic (exact) mass is 576 g/mol. The molecular weight excluding hydrogens is 557 g/mol. The van der Waals surface area contributed by atoms with Crippen LogP contribution in [-0.4, -0.2) is 85.5 Å². The van der Waals surface area contributed by atoms with Gasteiger partial charge in [0.25, 0.3) is 11.3 Å². The SMILES string of the molecule is CC(=O)C(F)(CF)C(F)(F)F.CC(F)(C(=O)O)C(F)(F)F.CCF.COC(=O)C(F)(CF)C(F)(F)F. The normalized spacial score (nSPS) is 16.5. The highest BCUT2D eigenvalue weighted by molar-refractivity contribution is 5.86. The molecule has 0 saturated heterocycles. The number of esters is 1. The van der Waals surface area contributed by atoms with Gasteiger partial charge in [0.1, 0.15) is 13.3 Å². The predicted molar refractivity (Wildman–Crippen MR) is 89.3 cm³/mol. The maximum Gasteiger partial charge on any atom is 0.436 e. The lowest BCUT2D eigenvalue weighted by Crippen LogP contribution is -2.50. The minimum atomic E-state index is -5.59. The van der Waals surface area contributed by atoms with Crippen molar-refractivity contribution in [1.82, 2.24) is 0 Å². The van der Waals surface area contributed by atoms with Crippen molar-refractivity contribution in [3.05, 3.63) is 0 Å². The van der Waals surface area contributed by atoms with Crippen LogP contribution in [0.25, 0.3) is 0 Å². The second-order valence-electron chi connectivity index (χ2n) is 5.99. The fraction of sp³-hybridized carbons (Fsp3) is 0.812. The van der Waals surface area contributed by atoms with E-state index in [-0.39, 0.29) is 13.6 Å². The standard InChI is InChI=1S/C5H5F5O2.C5H5F5O.C4H4F4O2.C2H5F/c1-12-3(11)4(7,2-6)5(8,9)10;1-3(11)4(7,2-6)5(8,9)10;1-3(5,2(9)10)4(6,7)8;1-2-3/h2H2,1H3;2H2,1H3;1H3,(H,9,10);2H2,1H3. The van der Waals surface area contributed by atoms with E-state index in [1.807, 2.05) is 0 Å². The highest BCUT2D eigenvalue weighted by Crippen LogP contribution is 2.36. The molecule has 3 atom stereocenters. The number of halogens is 15. The smallest absolute Gasteiger partial charge is 0.436 e. The van der Waals surface area contributed by atoms with Crippen LogP contribution < -0.4 is 0 Å². The van der Waals surface area contributed by atoms with Crippen molar-refractivity contribution < 1.29 is 90.1 Å². The van der Waals surface area contributed by atoms with Gasteiger partial charge in [-0.05, 0) is 20.8 Å². The zero-order valence-corrected chi connectivity index (χ0v) is 18.4. The van der Waals surface area contributed by atoms with Crippen molar-refractivity contribution in [3.63, 3.8) is 0 Å². The molecule has 0 aromatic heterocycles. The number of rotatable bonds is 5. The predicted octanol–water partition coefficient (Wildman–Crippen LogP) is 5.55. The van der Waals surface area contributed by atoms with Crippen LogP contribution in [0.4, 0.5) is 65.9 Å². The Kier molecular flexibility index (Phi) is 16.9. The third-order valence-corrected chi connectivity index (χ3v) is 3.27. The van der Waals surface area contributed by atoms with Crippen LogP contribution >= 0.6 is 0 Å². The van der Waals surface area contributed by atoms with E-state index in [9.17, 15) is 80.2 Å². The van der Waals surface area contributed by atoms with E-state index >= 15 is 0 Å². The van der Waals surface area contributed by atoms with Gasteiger partial charge < -0.3 is 9.84 Å². The highest BCUT2D eigenvalue weighted by atomic mass is 19.4. The third-order valence-electron chi connectivity index (χ3n) is 3.27. The molecule has 0 aliphatic heterocycles. The van der Waals surface area contributed by atoms with Gasteiger partial charge in [-0.25, -0.2) is 31.5 Å². The molecule has 20 heteroatoms. The van der Waals surface area contributed by atoms with Gasteiger partial charge in [-0.2, -0.15) is 39.5 Å². The van der Waals surface area contributed by atoms with Gasteiger partial charge in [0.2, 0.25) is 0 Å². The summed E-state index contributed by atoms with van der Waals surface area (Å²) in [6.45, 7) is -3.34. The van der Waals surface area contributed by atoms with Crippen LogP contribution in [0.2, 0.25) is 0 Å². The summed E-state index contributed by atoms with van der Waals surface area (Å²) in [4.78, 5) is 29.7. The Labute approximate surface area is 192 Å². The van der Waals surface area contributed by atoms with E-state index < -0.39 is 66.6 Å². The Morgan fingerprint density at radius 1 is 0.694 bits per heavy atom. The van der Waals surface area contributed by atoms with Gasteiger partial charge in [0.05, 0.1) is 13.8 Å². The molecule has 0 aliphatic carbocycles. The molecule has 0 amide bonds. The molecule has 1 N–H and O–H groups in total. The average Bonchev–Trinajstić information content (AvgIpc) is 2.70. The van der Waals surface area contributed by atoms with Crippen LogP contribution in [0.3, 0.4) is 0 Å². The molecule has 0 heterocycles. The van der Waals surface area contributed by atoms with Crippen molar-refractivity contribution >= 4 is 17.7 Å². The number of ketones is 1. The molecule has 0 aromatic carbocycles. The Hall–Kier alpha value is -2.44. The van der Waals surface area contributed by atoms with E-state index in [1.165, 1.54) is 6.92 Å². The number of Topliss-reactive ketones (excluding diaryl/α,β-unsaturated/α-hetero) is 1. The second-order valence-corrected chi connectivity index (χ2v) is 5.99. The molecule has 0 aliphatic rings. The Balaban J connectivity index is -0.000000202.